The van der Waals surface area contributed by atoms with E-state index in [1.165, 1.54) is 0 Å². The highest BCUT2D eigenvalue weighted by Gasteiger charge is 2.42. The molecule has 0 aromatic rings. The van der Waals surface area contributed by atoms with Crippen LogP contribution in [0.4, 0.5) is 0 Å². The predicted octanol–water partition coefficient (Wildman–Crippen LogP) is 0.344. The molecule has 0 aromatic carbocycles. The average Bonchev–Trinajstić information content (AvgIpc) is 2.70. The number of nitrogens with zero attached hydrogens (tertiary/aromatic N) is 1. The first-order chi connectivity index (χ1) is 8.30. The SMILES string of the molecule is CNC(=O)C1(C)CCN(C(=O)[C@H](N)CC(C)C)C1. The largest absolute Gasteiger partial charge is 0.359 e. The zero-order valence-corrected chi connectivity index (χ0v) is 11.8. The van der Waals surface area contributed by atoms with Gasteiger partial charge in [0.15, 0.2) is 0 Å². The van der Waals surface area contributed by atoms with Gasteiger partial charge in [-0.15, -0.1) is 0 Å². The second-order valence-corrected chi connectivity index (χ2v) is 5.89. The van der Waals surface area contributed by atoms with Crippen molar-refractivity contribution in [1.82, 2.24) is 10.2 Å². The third-order valence-electron chi connectivity index (χ3n) is 3.60. The van der Waals surface area contributed by atoms with Gasteiger partial charge in [0.05, 0.1) is 11.5 Å². The summed E-state index contributed by atoms with van der Waals surface area (Å²) in [6.07, 6.45) is 1.39. The number of carbonyl (C=O) groups is 2. The highest BCUT2D eigenvalue weighted by Crippen LogP contribution is 2.30. The fourth-order valence-corrected chi connectivity index (χ4v) is 2.48. The van der Waals surface area contributed by atoms with Crippen molar-refractivity contribution in [1.29, 1.82) is 0 Å². The summed E-state index contributed by atoms with van der Waals surface area (Å²) in [4.78, 5) is 25.6. The molecule has 1 unspecified atom stereocenters. The molecule has 1 heterocycles. The van der Waals surface area contributed by atoms with Crippen molar-refractivity contribution in [3.05, 3.63) is 0 Å². The van der Waals surface area contributed by atoms with Crippen LogP contribution in [0.15, 0.2) is 0 Å². The number of hydrogen-bond acceptors (Lipinski definition) is 3. The van der Waals surface area contributed by atoms with E-state index in [1.807, 2.05) is 20.8 Å². The van der Waals surface area contributed by atoms with Gasteiger partial charge < -0.3 is 16.0 Å². The summed E-state index contributed by atoms with van der Waals surface area (Å²) in [5.41, 5.74) is 5.43. The van der Waals surface area contributed by atoms with Crippen LogP contribution in [0.5, 0.6) is 0 Å². The zero-order chi connectivity index (χ0) is 13.9. The summed E-state index contributed by atoms with van der Waals surface area (Å²) < 4.78 is 0. The molecule has 18 heavy (non-hydrogen) atoms. The van der Waals surface area contributed by atoms with Crippen molar-refractivity contribution in [3.8, 4) is 0 Å². The number of carbonyl (C=O) groups excluding carboxylic acids is 2. The Labute approximate surface area is 109 Å². The Kier molecular flexibility index (Phi) is 4.73. The number of nitrogens with one attached hydrogen (secondary N) is 1. The molecule has 3 N–H and O–H groups in total. The molecule has 5 heteroatoms. The number of nitrogens with two attached hydrogens (primary N) is 1. The molecule has 0 aliphatic carbocycles. The molecular weight excluding hydrogens is 230 g/mol. The number of likely N-dealkylation sites (tertiary alicyclic amines) is 1. The Bertz CT molecular complexity index is 330. The van der Waals surface area contributed by atoms with E-state index in [1.54, 1.807) is 11.9 Å². The Morgan fingerprint density at radius 3 is 2.56 bits per heavy atom. The standard InChI is InChI=1S/C13H25N3O2/c1-9(2)7-10(14)11(17)16-6-5-13(3,8-16)12(18)15-4/h9-10H,5-8,14H2,1-4H3,(H,15,18)/t10-,13?/m1/s1. The van der Waals surface area contributed by atoms with Gasteiger partial charge in [-0.05, 0) is 25.7 Å². The van der Waals surface area contributed by atoms with E-state index in [4.69, 9.17) is 5.73 Å². The maximum atomic E-state index is 12.1. The van der Waals surface area contributed by atoms with Gasteiger partial charge in [0.25, 0.3) is 0 Å². The zero-order valence-electron chi connectivity index (χ0n) is 11.8. The van der Waals surface area contributed by atoms with E-state index in [-0.39, 0.29) is 11.8 Å². The third kappa shape index (κ3) is 3.22. The van der Waals surface area contributed by atoms with Crippen LogP contribution in [0.2, 0.25) is 0 Å². The van der Waals surface area contributed by atoms with E-state index in [0.717, 1.165) is 0 Å². The van der Waals surface area contributed by atoms with E-state index in [0.29, 0.717) is 31.8 Å². The van der Waals surface area contributed by atoms with Crippen LogP contribution in [-0.2, 0) is 9.59 Å². The molecule has 0 saturated carbocycles. The summed E-state index contributed by atoms with van der Waals surface area (Å²) in [6, 6.07) is -0.447. The lowest BCUT2D eigenvalue weighted by atomic mass is 9.89. The molecule has 2 amide bonds. The highest BCUT2D eigenvalue weighted by molar-refractivity contribution is 5.86. The molecular formula is C13H25N3O2. The maximum absolute atomic E-state index is 12.1. The lowest BCUT2D eigenvalue weighted by Crippen LogP contribution is -2.46. The third-order valence-corrected chi connectivity index (χ3v) is 3.60. The van der Waals surface area contributed by atoms with Gasteiger partial charge in [-0.25, -0.2) is 0 Å². The molecule has 0 bridgehead atoms. The second kappa shape index (κ2) is 5.69. The molecule has 0 spiro atoms. The summed E-state index contributed by atoms with van der Waals surface area (Å²) in [5.74, 6) is 0.364. The van der Waals surface area contributed by atoms with Crippen LogP contribution in [0, 0.1) is 11.3 Å². The highest BCUT2D eigenvalue weighted by atomic mass is 16.2. The lowest BCUT2D eigenvalue weighted by Gasteiger charge is -2.25. The molecule has 104 valence electrons. The molecule has 1 rings (SSSR count). The Balaban J connectivity index is 2.61. The van der Waals surface area contributed by atoms with Crippen LogP contribution in [0.1, 0.15) is 33.6 Å². The quantitative estimate of drug-likeness (QED) is 0.761. The monoisotopic (exact) mass is 255 g/mol. The minimum atomic E-state index is -0.470. The Morgan fingerprint density at radius 2 is 2.06 bits per heavy atom. The lowest BCUT2D eigenvalue weighted by molar-refractivity contribution is -0.133. The topological polar surface area (TPSA) is 75.4 Å². The minimum absolute atomic E-state index is 0.00442. The van der Waals surface area contributed by atoms with Crippen molar-refractivity contribution >= 4 is 11.8 Å². The van der Waals surface area contributed by atoms with Crippen LogP contribution in [-0.4, -0.2) is 42.9 Å². The fraction of sp³-hybridized carbons (Fsp3) is 0.846. The van der Waals surface area contributed by atoms with Gasteiger partial charge >= 0.3 is 0 Å². The average molecular weight is 255 g/mol. The number of rotatable bonds is 4. The van der Waals surface area contributed by atoms with Gasteiger partial charge in [0.1, 0.15) is 0 Å². The van der Waals surface area contributed by atoms with Crippen molar-refractivity contribution in [3.63, 3.8) is 0 Å². The fourth-order valence-electron chi connectivity index (χ4n) is 2.48. The van der Waals surface area contributed by atoms with Gasteiger partial charge in [-0.3, -0.25) is 9.59 Å². The van der Waals surface area contributed by atoms with Crippen LogP contribution < -0.4 is 11.1 Å². The van der Waals surface area contributed by atoms with Gasteiger partial charge in [-0.1, -0.05) is 13.8 Å². The summed E-state index contributed by atoms with van der Waals surface area (Å²) >= 11 is 0. The number of amides is 2. The summed E-state index contributed by atoms with van der Waals surface area (Å²) in [6.45, 7) is 7.08. The first-order valence-corrected chi connectivity index (χ1v) is 6.56. The summed E-state index contributed by atoms with van der Waals surface area (Å²) in [7, 11) is 1.63. The van der Waals surface area contributed by atoms with E-state index >= 15 is 0 Å². The molecule has 1 aliphatic heterocycles. The molecule has 1 fully saturated rings. The van der Waals surface area contributed by atoms with Crippen molar-refractivity contribution in [2.75, 3.05) is 20.1 Å². The summed E-state index contributed by atoms with van der Waals surface area (Å²) in [5, 5.41) is 2.66. The maximum Gasteiger partial charge on any atom is 0.239 e. The predicted molar refractivity (Wildman–Crippen MR) is 70.8 cm³/mol. The second-order valence-electron chi connectivity index (χ2n) is 5.89. The Morgan fingerprint density at radius 1 is 1.44 bits per heavy atom. The first kappa shape index (κ1) is 15.0. The van der Waals surface area contributed by atoms with Gasteiger partial charge in [0, 0.05) is 20.1 Å². The van der Waals surface area contributed by atoms with Crippen molar-refractivity contribution in [2.24, 2.45) is 17.1 Å². The van der Waals surface area contributed by atoms with E-state index in [2.05, 4.69) is 5.32 Å². The van der Waals surface area contributed by atoms with Crippen molar-refractivity contribution < 1.29 is 9.59 Å². The molecule has 1 saturated heterocycles. The molecule has 1 aliphatic rings. The van der Waals surface area contributed by atoms with Crippen molar-refractivity contribution in [2.45, 2.75) is 39.7 Å². The smallest absolute Gasteiger partial charge is 0.239 e. The normalized spacial score (nSPS) is 25.3. The van der Waals surface area contributed by atoms with Crippen LogP contribution in [0.3, 0.4) is 0 Å². The molecule has 0 aromatic heterocycles. The van der Waals surface area contributed by atoms with Gasteiger partial charge in [-0.2, -0.15) is 0 Å². The minimum Gasteiger partial charge on any atom is -0.359 e. The molecule has 5 nitrogen and oxygen atoms in total. The van der Waals surface area contributed by atoms with Crippen LogP contribution in [0.25, 0.3) is 0 Å². The first-order valence-electron chi connectivity index (χ1n) is 6.56. The van der Waals surface area contributed by atoms with E-state index < -0.39 is 11.5 Å². The van der Waals surface area contributed by atoms with E-state index in [9.17, 15) is 9.59 Å². The number of hydrogen-bond donors (Lipinski definition) is 2. The molecule has 0 radical (unpaired) electrons. The Hall–Kier alpha value is -1.10. The molecule has 2 atom stereocenters. The van der Waals surface area contributed by atoms with Gasteiger partial charge in [0.2, 0.25) is 11.8 Å². The van der Waals surface area contributed by atoms with Crippen LogP contribution >= 0.6 is 0 Å².